The van der Waals surface area contributed by atoms with Crippen molar-refractivity contribution in [1.82, 2.24) is 0 Å². The lowest BCUT2D eigenvalue weighted by molar-refractivity contribution is -0.116. The van der Waals surface area contributed by atoms with Crippen molar-refractivity contribution in [2.45, 2.75) is 18.7 Å². The van der Waals surface area contributed by atoms with Gasteiger partial charge in [-0.25, -0.2) is 0 Å². The summed E-state index contributed by atoms with van der Waals surface area (Å²) in [6.45, 7) is 1.48. The molecule has 0 N–H and O–H groups in total. The lowest BCUT2D eigenvalue weighted by Crippen LogP contribution is -2.34. The van der Waals surface area contributed by atoms with Crippen LogP contribution in [0, 0.1) is 0 Å². The van der Waals surface area contributed by atoms with Gasteiger partial charge >= 0.3 is 0 Å². The number of hydrogen-bond donors (Lipinski definition) is 0. The molecule has 0 saturated heterocycles. The number of Topliss-reactive ketones (excluding diaryl/α,β-unsaturated/α-hetero) is 1. The Kier molecular flexibility index (Phi) is 6.94. The van der Waals surface area contributed by atoms with Crippen LogP contribution in [-0.4, -0.2) is 11.2 Å². The minimum absolute atomic E-state index is 0.0534. The van der Waals surface area contributed by atoms with Gasteiger partial charge in [0.2, 0.25) is 0 Å². The van der Waals surface area contributed by atoms with Crippen LogP contribution in [0.3, 0.4) is 0 Å². The van der Waals surface area contributed by atoms with E-state index in [0.29, 0.717) is 21.2 Å². The monoisotopic (exact) mass is 472 g/mol. The van der Waals surface area contributed by atoms with Crippen LogP contribution in [0.1, 0.15) is 13.3 Å². The first-order valence-corrected chi connectivity index (χ1v) is 14.4. The molecule has 4 rings (SSSR count). The van der Waals surface area contributed by atoms with Crippen LogP contribution < -0.4 is 21.2 Å². The molecule has 4 aromatic carbocycles. The molecule has 0 unspecified atom stereocenters. The quantitative estimate of drug-likeness (QED) is 0.326. The van der Waals surface area contributed by atoms with Gasteiger partial charge in [0.05, 0.1) is 5.40 Å². The molecule has 33 heavy (non-hydrogen) atoms. The highest BCUT2D eigenvalue weighted by Crippen LogP contribution is 2.67. The molecule has 0 amide bonds. The van der Waals surface area contributed by atoms with Crippen molar-refractivity contribution in [3.63, 3.8) is 0 Å². The fourth-order valence-electron chi connectivity index (χ4n) is 4.33. The second-order valence-electron chi connectivity index (χ2n) is 8.04. The minimum atomic E-state index is -3.52. The summed E-state index contributed by atoms with van der Waals surface area (Å²) in [6.07, 6.45) is -0.0534. The van der Waals surface area contributed by atoms with Gasteiger partial charge in [-0.15, -0.1) is 0 Å². The van der Waals surface area contributed by atoms with Crippen molar-refractivity contribution in [2.75, 3.05) is 0 Å². The number of carbonyl (C=O) groups excluding carboxylic acids is 1. The first-order valence-electron chi connectivity index (χ1n) is 10.9. The lowest BCUT2D eigenvalue weighted by atomic mass is 10.3. The zero-order valence-corrected chi connectivity index (χ0v) is 20.2. The molecule has 0 aliphatic heterocycles. The van der Waals surface area contributed by atoms with E-state index in [1.165, 1.54) is 6.92 Å². The van der Waals surface area contributed by atoms with Crippen molar-refractivity contribution in [1.29, 1.82) is 0 Å². The average molecular weight is 472 g/mol. The number of benzene rings is 4. The molecule has 0 fully saturated rings. The first-order chi connectivity index (χ1) is 16.0. The minimum Gasteiger partial charge on any atom is -0.313 e. The SMILES string of the molecule is CC(=O)CC(P(=O)(c1ccccc1)c1ccccc1)P(=O)(c1ccccc1)c1ccccc1. The molecule has 5 heteroatoms. The van der Waals surface area contributed by atoms with E-state index in [1.54, 1.807) is 0 Å². The molecule has 0 aliphatic carbocycles. The molecule has 0 bridgehead atoms. The van der Waals surface area contributed by atoms with Crippen LogP contribution in [0.5, 0.6) is 0 Å². The van der Waals surface area contributed by atoms with Gasteiger partial charge in [0, 0.05) is 27.6 Å². The smallest absolute Gasteiger partial charge is 0.154 e. The first kappa shape index (κ1) is 23.2. The van der Waals surface area contributed by atoms with Crippen molar-refractivity contribution in [3.8, 4) is 0 Å². The predicted molar refractivity (Wildman–Crippen MR) is 139 cm³/mol. The predicted octanol–water partition coefficient (Wildman–Crippen LogP) is 5.32. The van der Waals surface area contributed by atoms with Crippen LogP contribution >= 0.6 is 14.3 Å². The zero-order valence-electron chi connectivity index (χ0n) is 18.5. The van der Waals surface area contributed by atoms with Gasteiger partial charge in [-0.1, -0.05) is 121 Å². The van der Waals surface area contributed by atoms with Gasteiger partial charge < -0.3 is 9.13 Å². The van der Waals surface area contributed by atoms with Crippen LogP contribution in [0.15, 0.2) is 121 Å². The largest absolute Gasteiger partial charge is 0.313 e. The van der Waals surface area contributed by atoms with Crippen LogP contribution in [-0.2, 0) is 13.9 Å². The maximum absolute atomic E-state index is 15.3. The summed E-state index contributed by atoms with van der Waals surface area (Å²) < 4.78 is 30.6. The van der Waals surface area contributed by atoms with Crippen LogP contribution in [0.25, 0.3) is 0 Å². The van der Waals surface area contributed by atoms with Crippen molar-refractivity contribution < 1.29 is 13.9 Å². The fourth-order valence-corrected chi connectivity index (χ4v) is 13.2. The van der Waals surface area contributed by atoms with Crippen molar-refractivity contribution in [2.24, 2.45) is 0 Å². The topological polar surface area (TPSA) is 51.2 Å². The second kappa shape index (κ2) is 9.87. The van der Waals surface area contributed by atoms with Gasteiger partial charge in [-0.05, 0) is 6.92 Å². The highest BCUT2D eigenvalue weighted by atomic mass is 31.2. The fraction of sp³-hybridized carbons (Fsp3) is 0.107. The highest BCUT2D eigenvalue weighted by Gasteiger charge is 2.49. The maximum Gasteiger partial charge on any atom is 0.154 e. The van der Waals surface area contributed by atoms with E-state index in [9.17, 15) is 4.79 Å². The van der Waals surface area contributed by atoms with E-state index < -0.39 is 19.7 Å². The van der Waals surface area contributed by atoms with Crippen LogP contribution in [0.2, 0.25) is 0 Å². The van der Waals surface area contributed by atoms with E-state index in [0.717, 1.165) is 0 Å². The molecule has 0 spiro atoms. The molecule has 166 valence electrons. The van der Waals surface area contributed by atoms with E-state index in [2.05, 4.69) is 0 Å². The normalized spacial score (nSPS) is 11.9. The van der Waals surface area contributed by atoms with Gasteiger partial charge in [0.25, 0.3) is 0 Å². The number of hydrogen-bond acceptors (Lipinski definition) is 3. The molecule has 0 aliphatic rings. The third-order valence-electron chi connectivity index (χ3n) is 5.87. The summed E-state index contributed by atoms with van der Waals surface area (Å²) in [6, 6.07) is 36.7. The van der Waals surface area contributed by atoms with Crippen molar-refractivity contribution in [3.05, 3.63) is 121 Å². The molecule has 0 saturated carbocycles. The van der Waals surface area contributed by atoms with Crippen molar-refractivity contribution >= 4 is 41.3 Å². The van der Waals surface area contributed by atoms with Crippen LogP contribution in [0.4, 0.5) is 0 Å². The van der Waals surface area contributed by atoms with E-state index in [4.69, 9.17) is 0 Å². The summed E-state index contributed by atoms with van der Waals surface area (Å²) in [5.41, 5.74) is 0. The molecule has 3 nitrogen and oxygen atoms in total. The Hall–Kier alpha value is -2.99. The maximum atomic E-state index is 15.3. The number of carbonyl (C=O) groups is 1. The molecule has 0 atom stereocenters. The lowest BCUT2D eigenvalue weighted by Gasteiger charge is -2.35. The van der Waals surface area contributed by atoms with Gasteiger partial charge in [0.1, 0.15) is 5.78 Å². The molecule has 0 radical (unpaired) electrons. The molecule has 4 aromatic rings. The number of ketones is 1. The van der Waals surface area contributed by atoms with E-state index in [-0.39, 0.29) is 12.2 Å². The van der Waals surface area contributed by atoms with E-state index >= 15 is 9.13 Å². The molecule has 0 aromatic heterocycles. The third kappa shape index (κ3) is 4.44. The molecule has 0 heterocycles. The summed E-state index contributed by atoms with van der Waals surface area (Å²) in [5, 5.41) is 1.52. The average Bonchev–Trinajstić information content (AvgIpc) is 2.88. The Morgan fingerprint density at radius 1 is 0.545 bits per heavy atom. The number of rotatable bonds is 8. The van der Waals surface area contributed by atoms with Gasteiger partial charge in [-0.3, -0.25) is 4.79 Å². The summed E-state index contributed by atoms with van der Waals surface area (Å²) in [7, 11) is -7.05. The Morgan fingerprint density at radius 2 is 0.788 bits per heavy atom. The molecular formula is C28H26O3P2. The summed E-state index contributed by atoms with van der Waals surface area (Å²) in [4.78, 5) is 12.6. The van der Waals surface area contributed by atoms with Gasteiger partial charge in [0.15, 0.2) is 14.3 Å². The summed E-state index contributed by atoms with van der Waals surface area (Å²) >= 11 is 0. The Morgan fingerprint density at radius 3 is 1.00 bits per heavy atom. The summed E-state index contributed by atoms with van der Waals surface area (Å²) in [5.74, 6) is -0.140. The second-order valence-corrected chi connectivity index (χ2v) is 14.4. The molecular weight excluding hydrogens is 446 g/mol. The Labute approximate surface area is 195 Å². The van der Waals surface area contributed by atoms with E-state index in [1.807, 2.05) is 121 Å². The Balaban J connectivity index is 2.09. The van der Waals surface area contributed by atoms with Gasteiger partial charge in [-0.2, -0.15) is 0 Å². The third-order valence-corrected chi connectivity index (χ3v) is 14.1. The zero-order chi connectivity index (χ0) is 23.3. The standard InChI is InChI=1S/C28H26O3P2/c1-23(29)22-28(32(30,24-14-6-2-7-15-24)25-16-8-3-9-17-25)33(31,26-18-10-4-11-19-26)27-20-12-5-13-21-27/h2-21,28H,22H2,1H3. The highest BCUT2D eigenvalue weighted by molar-refractivity contribution is 7.95. The Bertz CT molecular complexity index is 1120.